The Hall–Kier alpha value is -2.48. The number of rotatable bonds is 5. The van der Waals surface area contributed by atoms with Crippen molar-refractivity contribution in [3.8, 4) is 0 Å². The molecule has 2 fully saturated rings. The molecule has 2 atom stereocenters. The van der Waals surface area contributed by atoms with Crippen molar-refractivity contribution < 1.29 is 18.8 Å². The zero-order valence-corrected chi connectivity index (χ0v) is 14.0. The van der Waals surface area contributed by atoms with Gasteiger partial charge in [0.15, 0.2) is 0 Å². The van der Waals surface area contributed by atoms with Crippen molar-refractivity contribution in [3.63, 3.8) is 0 Å². The fourth-order valence-electron chi connectivity index (χ4n) is 3.19. The predicted molar refractivity (Wildman–Crippen MR) is 88.0 cm³/mol. The van der Waals surface area contributed by atoms with Crippen molar-refractivity contribution >= 4 is 17.8 Å². The molecule has 0 bridgehead atoms. The van der Waals surface area contributed by atoms with Gasteiger partial charge >= 0.3 is 6.03 Å². The largest absolute Gasteiger partial charge is 0.353 e. The minimum atomic E-state index is -1.31. The quantitative estimate of drug-likeness (QED) is 0.675. The molecule has 1 aromatic rings. The van der Waals surface area contributed by atoms with E-state index in [0.717, 1.165) is 24.3 Å². The second-order valence-corrected chi connectivity index (χ2v) is 6.55. The van der Waals surface area contributed by atoms with Crippen LogP contribution in [0.3, 0.4) is 0 Å². The maximum atomic E-state index is 13.1. The van der Waals surface area contributed by atoms with E-state index in [2.05, 4.69) is 16.0 Å². The molecule has 7 nitrogen and oxygen atoms in total. The summed E-state index contributed by atoms with van der Waals surface area (Å²) in [5.74, 6) is -1.35. The highest BCUT2D eigenvalue weighted by molar-refractivity contribution is 6.09. The van der Waals surface area contributed by atoms with Gasteiger partial charge in [-0.15, -0.1) is 0 Å². The summed E-state index contributed by atoms with van der Waals surface area (Å²) in [5.41, 5.74) is -0.844. The Balaban J connectivity index is 1.64. The van der Waals surface area contributed by atoms with Crippen molar-refractivity contribution in [1.29, 1.82) is 0 Å². The first-order valence-corrected chi connectivity index (χ1v) is 8.30. The summed E-state index contributed by atoms with van der Waals surface area (Å²) in [6, 6.07) is 4.95. The molecule has 2 unspecified atom stereocenters. The van der Waals surface area contributed by atoms with Crippen LogP contribution < -0.4 is 16.0 Å². The second kappa shape index (κ2) is 6.79. The topological polar surface area (TPSA) is 90.5 Å². The van der Waals surface area contributed by atoms with Crippen LogP contribution >= 0.6 is 0 Å². The van der Waals surface area contributed by atoms with Gasteiger partial charge in [0.25, 0.3) is 5.91 Å². The van der Waals surface area contributed by atoms with Crippen LogP contribution in [0.4, 0.5) is 9.18 Å². The number of urea groups is 1. The Morgan fingerprint density at radius 1 is 1.36 bits per heavy atom. The highest BCUT2D eigenvalue weighted by Crippen LogP contribution is 2.28. The van der Waals surface area contributed by atoms with Gasteiger partial charge < -0.3 is 16.0 Å². The van der Waals surface area contributed by atoms with E-state index < -0.39 is 23.3 Å². The lowest BCUT2D eigenvalue weighted by atomic mass is 9.92. The molecule has 0 radical (unpaired) electrons. The molecule has 3 rings (SSSR count). The molecule has 1 aromatic carbocycles. The number of imide groups is 1. The van der Waals surface area contributed by atoms with Gasteiger partial charge in [-0.3, -0.25) is 14.5 Å². The normalized spacial score (nSPS) is 26.0. The van der Waals surface area contributed by atoms with E-state index in [9.17, 15) is 18.8 Å². The van der Waals surface area contributed by atoms with E-state index >= 15 is 0 Å². The third-order valence-electron chi connectivity index (χ3n) is 4.71. The fourth-order valence-corrected chi connectivity index (χ4v) is 3.19. The van der Waals surface area contributed by atoms with Crippen LogP contribution in [0.5, 0.6) is 0 Å². The van der Waals surface area contributed by atoms with Crippen LogP contribution in [0.25, 0.3) is 0 Å². The van der Waals surface area contributed by atoms with Crippen LogP contribution in [-0.4, -0.2) is 48.4 Å². The molecule has 0 spiro atoms. The Morgan fingerprint density at radius 3 is 2.72 bits per heavy atom. The molecule has 0 saturated carbocycles. The number of amides is 4. The van der Waals surface area contributed by atoms with Crippen LogP contribution in [0.2, 0.25) is 0 Å². The van der Waals surface area contributed by atoms with Crippen molar-refractivity contribution in [2.24, 2.45) is 0 Å². The monoisotopic (exact) mass is 348 g/mol. The number of carbonyl (C=O) groups is 3. The highest BCUT2D eigenvalue weighted by Gasteiger charge is 2.49. The molecule has 25 heavy (non-hydrogen) atoms. The molecule has 8 heteroatoms. The SMILES string of the molecule is CC1(c2ccc(F)cc2)NC(=O)N(CC(=O)NCC2CCCN2)C1=O. The third kappa shape index (κ3) is 3.48. The number of halogens is 1. The van der Waals surface area contributed by atoms with E-state index in [0.29, 0.717) is 12.1 Å². The van der Waals surface area contributed by atoms with Crippen LogP contribution in [0.1, 0.15) is 25.3 Å². The lowest BCUT2D eigenvalue weighted by molar-refractivity contribution is -0.134. The lowest BCUT2D eigenvalue weighted by Crippen LogP contribution is -2.45. The van der Waals surface area contributed by atoms with Crippen molar-refractivity contribution in [3.05, 3.63) is 35.6 Å². The molecule has 134 valence electrons. The van der Waals surface area contributed by atoms with Crippen LogP contribution in [0, 0.1) is 5.82 Å². The number of hydrogen-bond acceptors (Lipinski definition) is 4. The number of carbonyl (C=O) groups excluding carboxylic acids is 3. The van der Waals surface area contributed by atoms with Gasteiger partial charge in [-0.05, 0) is 44.0 Å². The van der Waals surface area contributed by atoms with Gasteiger partial charge in [-0.1, -0.05) is 12.1 Å². The molecule has 4 amide bonds. The molecular weight excluding hydrogens is 327 g/mol. The van der Waals surface area contributed by atoms with Crippen LogP contribution in [-0.2, 0) is 15.1 Å². The summed E-state index contributed by atoms with van der Waals surface area (Å²) in [6.45, 7) is 2.61. The number of benzene rings is 1. The van der Waals surface area contributed by atoms with Crippen LogP contribution in [0.15, 0.2) is 24.3 Å². The van der Waals surface area contributed by atoms with Gasteiger partial charge in [0.05, 0.1) is 0 Å². The van der Waals surface area contributed by atoms with E-state index in [1.54, 1.807) is 6.92 Å². The Kier molecular flexibility index (Phi) is 4.71. The summed E-state index contributed by atoms with van der Waals surface area (Å²) in [7, 11) is 0. The first kappa shape index (κ1) is 17.3. The van der Waals surface area contributed by atoms with E-state index in [1.807, 2.05) is 0 Å². The average molecular weight is 348 g/mol. The van der Waals surface area contributed by atoms with Crippen molar-refractivity contribution in [1.82, 2.24) is 20.9 Å². The molecular formula is C17H21FN4O3. The molecule has 2 heterocycles. The second-order valence-electron chi connectivity index (χ2n) is 6.55. The lowest BCUT2D eigenvalue weighted by Gasteiger charge is -2.22. The standard InChI is InChI=1S/C17H21FN4O3/c1-17(11-4-6-12(18)7-5-11)15(24)22(16(25)21-17)10-14(23)20-9-13-3-2-8-19-13/h4-7,13,19H,2-3,8-10H2,1H3,(H,20,23)(H,21,25). The van der Waals surface area contributed by atoms with Crippen molar-refractivity contribution in [2.75, 3.05) is 19.6 Å². The summed E-state index contributed by atoms with van der Waals surface area (Å²) in [6.07, 6.45) is 2.07. The van der Waals surface area contributed by atoms with E-state index in [4.69, 9.17) is 0 Å². The number of nitrogens with zero attached hydrogens (tertiary/aromatic N) is 1. The molecule has 0 aliphatic carbocycles. The first-order chi connectivity index (χ1) is 11.9. The predicted octanol–water partition coefficient (Wildman–Crippen LogP) is 0.461. The number of nitrogens with one attached hydrogen (secondary N) is 3. The van der Waals surface area contributed by atoms with Gasteiger partial charge in [-0.2, -0.15) is 0 Å². The highest BCUT2D eigenvalue weighted by atomic mass is 19.1. The van der Waals surface area contributed by atoms with E-state index in [-0.39, 0.29) is 18.5 Å². The third-order valence-corrected chi connectivity index (χ3v) is 4.71. The molecule has 0 aromatic heterocycles. The average Bonchev–Trinajstić information content (AvgIpc) is 3.17. The zero-order chi connectivity index (χ0) is 18.0. The smallest absolute Gasteiger partial charge is 0.325 e. The Labute approximate surface area is 144 Å². The summed E-state index contributed by atoms with van der Waals surface area (Å²) < 4.78 is 13.1. The van der Waals surface area contributed by atoms with Gasteiger partial charge in [0.1, 0.15) is 17.9 Å². The van der Waals surface area contributed by atoms with Gasteiger partial charge in [-0.25, -0.2) is 9.18 Å². The molecule has 2 aliphatic rings. The zero-order valence-electron chi connectivity index (χ0n) is 14.0. The summed E-state index contributed by atoms with van der Waals surface area (Å²) >= 11 is 0. The molecule has 3 N–H and O–H groups in total. The summed E-state index contributed by atoms with van der Waals surface area (Å²) in [4.78, 5) is 37.8. The maximum absolute atomic E-state index is 13.1. The minimum Gasteiger partial charge on any atom is -0.353 e. The number of hydrogen-bond donors (Lipinski definition) is 3. The minimum absolute atomic E-state index is 0.233. The first-order valence-electron chi connectivity index (χ1n) is 8.30. The van der Waals surface area contributed by atoms with Crippen molar-refractivity contribution in [2.45, 2.75) is 31.3 Å². The van der Waals surface area contributed by atoms with Gasteiger partial charge in [0.2, 0.25) is 5.91 Å². The van der Waals surface area contributed by atoms with E-state index in [1.165, 1.54) is 24.3 Å². The molecule has 2 saturated heterocycles. The molecule has 2 aliphatic heterocycles. The fraction of sp³-hybridized carbons (Fsp3) is 0.471. The summed E-state index contributed by atoms with van der Waals surface area (Å²) in [5, 5.41) is 8.59. The Bertz CT molecular complexity index is 688. The Morgan fingerprint density at radius 2 is 2.08 bits per heavy atom. The maximum Gasteiger partial charge on any atom is 0.325 e. The van der Waals surface area contributed by atoms with Gasteiger partial charge in [0, 0.05) is 12.6 Å².